The number of aromatic nitrogens is 1. The van der Waals surface area contributed by atoms with Crippen LogP contribution in [0, 0.1) is 0 Å². The lowest BCUT2D eigenvalue weighted by Gasteiger charge is -2.26. The minimum absolute atomic E-state index is 0.0213. The Bertz CT molecular complexity index is 1080. The summed E-state index contributed by atoms with van der Waals surface area (Å²) in [6, 6.07) is 10.5. The van der Waals surface area contributed by atoms with Gasteiger partial charge in [-0.25, -0.2) is 0 Å². The molecule has 6 nitrogen and oxygen atoms in total. The number of carbonyl (C=O) groups is 2. The first-order valence-corrected chi connectivity index (χ1v) is 10.4. The van der Waals surface area contributed by atoms with E-state index >= 15 is 0 Å². The van der Waals surface area contributed by atoms with Crippen LogP contribution in [0.3, 0.4) is 0 Å². The fraction of sp³-hybridized carbons (Fsp3) is 0.273. The summed E-state index contributed by atoms with van der Waals surface area (Å²) < 4.78 is 5.62. The molecule has 0 aliphatic carbocycles. The molecule has 1 unspecified atom stereocenters. The van der Waals surface area contributed by atoms with Crippen molar-refractivity contribution in [3.05, 3.63) is 69.7 Å². The minimum Gasteiger partial charge on any atom is -0.503 e. The van der Waals surface area contributed by atoms with Crippen LogP contribution >= 0.6 is 11.3 Å². The summed E-state index contributed by atoms with van der Waals surface area (Å²) in [6.07, 6.45) is 1.83. The van der Waals surface area contributed by atoms with Crippen molar-refractivity contribution in [3.63, 3.8) is 0 Å². The number of ether oxygens (including phenoxy) is 1. The Balaban J connectivity index is 1.79. The third-order valence-electron chi connectivity index (χ3n) is 4.99. The van der Waals surface area contributed by atoms with E-state index in [1.165, 1.54) is 16.2 Å². The highest BCUT2D eigenvalue weighted by atomic mass is 32.1. The smallest absolute Gasteiger partial charge is 0.290 e. The number of carbonyl (C=O) groups excluding carboxylic acids is 2. The monoisotopic (exact) mass is 410 g/mol. The first-order chi connectivity index (χ1) is 14.0. The van der Waals surface area contributed by atoms with Crippen LogP contribution < -0.4 is 0 Å². The molecule has 1 amide bonds. The van der Waals surface area contributed by atoms with Crippen molar-refractivity contribution in [3.8, 4) is 0 Å². The summed E-state index contributed by atoms with van der Waals surface area (Å²) in [4.78, 5) is 31.3. The van der Waals surface area contributed by atoms with Gasteiger partial charge in [-0.3, -0.25) is 9.59 Å². The van der Waals surface area contributed by atoms with E-state index in [-0.39, 0.29) is 24.0 Å². The zero-order chi connectivity index (χ0) is 20.5. The number of rotatable bonds is 7. The van der Waals surface area contributed by atoms with Crippen molar-refractivity contribution in [2.45, 2.75) is 26.0 Å². The molecule has 0 spiro atoms. The Morgan fingerprint density at radius 2 is 2.07 bits per heavy atom. The van der Waals surface area contributed by atoms with Gasteiger partial charge in [-0.2, -0.15) is 0 Å². The summed E-state index contributed by atoms with van der Waals surface area (Å²) in [7, 11) is 0. The van der Waals surface area contributed by atoms with Gasteiger partial charge in [0.1, 0.15) is 0 Å². The maximum Gasteiger partial charge on any atom is 0.290 e. The maximum absolute atomic E-state index is 13.2. The topological polar surface area (TPSA) is 82.6 Å². The molecule has 0 saturated heterocycles. The highest BCUT2D eigenvalue weighted by Gasteiger charge is 2.44. The highest BCUT2D eigenvalue weighted by molar-refractivity contribution is 7.12. The van der Waals surface area contributed by atoms with Crippen molar-refractivity contribution in [2.24, 2.45) is 0 Å². The Labute approximate surface area is 172 Å². The second-order valence-electron chi connectivity index (χ2n) is 7.18. The quantitative estimate of drug-likeness (QED) is 0.571. The third kappa shape index (κ3) is 3.47. The van der Waals surface area contributed by atoms with Crippen molar-refractivity contribution in [1.82, 2.24) is 9.88 Å². The number of nitrogens with one attached hydrogen (secondary N) is 1. The van der Waals surface area contributed by atoms with Crippen LogP contribution in [0.25, 0.3) is 10.9 Å². The number of para-hydroxylation sites is 1. The van der Waals surface area contributed by atoms with Crippen molar-refractivity contribution >= 4 is 33.9 Å². The second-order valence-corrected chi connectivity index (χ2v) is 8.13. The lowest BCUT2D eigenvalue weighted by atomic mass is 9.95. The SMILES string of the molecule is CC(C)OCCN1C(=O)C(O)=C(C(=O)c2cccs2)C1c1c[nH]c2ccccc12. The molecule has 1 aliphatic heterocycles. The lowest BCUT2D eigenvalue weighted by Crippen LogP contribution is -2.34. The van der Waals surface area contributed by atoms with E-state index in [2.05, 4.69) is 4.98 Å². The average molecular weight is 410 g/mol. The Morgan fingerprint density at radius 3 is 2.79 bits per heavy atom. The standard InChI is InChI=1S/C22H22N2O4S/c1-13(2)28-10-9-24-19(15-12-23-16-7-4-3-6-14(15)16)18(21(26)22(24)27)20(25)17-8-5-11-29-17/h3-8,11-13,19,23,26H,9-10H2,1-2H3. The van der Waals surface area contributed by atoms with Gasteiger partial charge in [0, 0.05) is 29.2 Å². The molecule has 0 fully saturated rings. The number of fused-ring (bicyclic) bond motifs is 1. The fourth-order valence-corrected chi connectivity index (χ4v) is 4.36. The number of benzene rings is 1. The van der Waals surface area contributed by atoms with Crippen LogP contribution in [0.5, 0.6) is 0 Å². The molecule has 1 atom stereocenters. The molecule has 2 N–H and O–H groups in total. The number of hydrogen-bond donors (Lipinski definition) is 2. The van der Waals surface area contributed by atoms with E-state index < -0.39 is 17.7 Å². The number of aliphatic hydroxyl groups excluding tert-OH is 1. The van der Waals surface area contributed by atoms with Crippen LogP contribution in [-0.4, -0.2) is 45.9 Å². The average Bonchev–Trinajstić information content (AvgIpc) is 3.42. The van der Waals surface area contributed by atoms with Crippen LogP contribution in [0.1, 0.15) is 35.1 Å². The number of thiophene rings is 1. The number of Topliss-reactive ketones (excluding diaryl/α,β-unsaturated/α-hetero) is 1. The Kier molecular flexibility index (Phi) is 5.25. The number of amides is 1. The lowest BCUT2D eigenvalue weighted by molar-refractivity contribution is -0.130. The van der Waals surface area contributed by atoms with Gasteiger partial charge in [-0.15, -0.1) is 11.3 Å². The Morgan fingerprint density at radius 1 is 1.28 bits per heavy atom. The summed E-state index contributed by atoms with van der Waals surface area (Å²) in [5.41, 5.74) is 1.80. The van der Waals surface area contributed by atoms with E-state index in [0.29, 0.717) is 11.5 Å². The molecule has 2 aromatic heterocycles. The molecule has 29 heavy (non-hydrogen) atoms. The van der Waals surface area contributed by atoms with Gasteiger partial charge >= 0.3 is 0 Å². The molecule has 1 aromatic carbocycles. The van der Waals surface area contributed by atoms with Crippen LogP contribution in [0.2, 0.25) is 0 Å². The highest BCUT2D eigenvalue weighted by Crippen LogP contribution is 2.41. The molecule has 0 bridgehead atoms. The van der Waals surface area contributed by atoms with Gasteiger partial charge in [0.2, 0.25) is 5.78 Å². The van der Waals surface area contributed by atoms with Crippen molar-refractivity contribution in [2.75, 3.05) is 13.2 Å². The van der Waals surface area contributed by atoms with E-state index in [1.54, 1.807) is 23.7 Å². The van der Waals surface area contributed by atoms with Gasteiger partial charge in [0.05, 0.1) is 29.2 Å². The molecular weight excluding hydrogens is 388 g/mol. The minimum atomic E-state index is -0.677. The number of nitrogens with zero attached hydrogens (tertiary/aromatic N) is 1. The van der Waals surface area contributed by atoms with Crippen LogP contribution in [-0.2, 0) is 9.53 Å². The number of aliphatic hydroxyl groups is 1. The predicted molar refractivity (Wildman–Crippen MR) is 112 cm³/mol. The molecule has 3 aromatic rings. The summed E-state index contributed by atoms with van der Waals surface area (Å²) >= 11 is 1.29. The van der Waals surface area contributed by atoms with Crippen LogP contribution in [0.15, 0.2) is 59.3 Å². The number of ketones is 1. The molecule has 0 saturated carbocycles. The predicted octanol–water partition coefficient (Wildman–Crippen LogP) is 4.23. The molecule has 1 aliphatic rings. The van der Waals surface area contributed by atoms with E-state index in [4.69, 9.17) is 4.74 Å². The largest absolute Gasteiger partial charge is 0.503 e. The molecular formula is C22H22N2O4S. The zero-order valence-electron chi connectivity index (χ0n) is 16.2. The van der Waals surface area contributed by atoms with Gasteiger partial charge in [0.15, 0.2) is 5.76 Å². The van der Waals surface area contributed by atoms with Crippen molar-refractivity contribution in [1.29, 1.82) is 0 Å². The fourth-order valence-electron chi connectivity index (χ4n) is 3.69. The zero-order valence-corrected chi connectivity index (χ0v) is 17.0. The molecule has 7 heteroatoms. The van der Waals surface area contributed by atoms with Crippen LogP contribution in [0.4, 0.5) is 0 Å². The molecule has 4 rings (SSSR count). The summed E-state index contributed by atoms with van der Waals surface area (Å²) in [5, 5.41) is 13.4. The normalized spacial score (nSPS) is 17.1. The number of aromatic amines is 1. The number of hydrogen-bond acceptors (Lipinski definition) is 5. The van der Waals surface area contributed by atoms with E-state index in [1.807, 2.05) is 38.1 Å². The molecule has 3 heterocycles. The Hall–Kier alpha value is -2.90. The van der Waals surface area contributed by atoms with Gasteiger partial charge in [0.25, 0.3) is 5.91 Å². The molecule has 0 radical (unpaired) electrons. The van der Waals surface area contributed by atoms with E-state index in [0.717, 1.165) is 16.5 Å². The second kappa shape index (κ2) is 7.85. The first kappa shape index (κ1) is 19.4. The number of H-pyrrole nitrogens is 1. The van der Waals surface area contributed by atoms with Gasteiger partial charge in [-0.05, 0) is 31.4 Å². The third-order valence-corrected chi connectivity index (χ3v) is 5.86. The maximum atomic E-state index is 13.2. The molecule has 150 valence electrons. The summed E-state index contributed by atoms with van der Waals surface area (Å²) in [6.45, 7) is 4.43. The van der Waals surface area contributed by atoms with Gasteiger partial charge < -0.3 is 19.7 Å². The first-order valence-electron chi connectivity index (χ1n) is 9.49. The summed E-state index contributed by atoms with van der Waals surface area (Å²) in [5.74, 6) is -1.36. The van der Waals surface area contributed by atoms with Gasteiger partial charge in [-0.1, -0.05) is 24.3 Å². The van der Waals surface area contributed by atoms with E-state index in [9.17, 15) is 14.7 Å². The van der Waals surface area contributed by atoms with Crippen molar-refractivity contribution < 1.29 is 19.4 Å².